The molecule has 2 nitrogen and oxygen atoms in total. The Balaban J connectivity index is 1.67. The summed E-state index contributed by atoms with van der Waals surface area (Å²) in [4.78, 5) is 0. The van der Waals surface area contributed by atoms with E-state index in [-0.39, 0.29) is 0 Å². The Hall–Kier alpha value is -2.32. The summed E-state index contributed by atoms with van der Waals surface area (Å²) < 4.78 is 2.23. The van der Waals surface area contributed by atoms with Gasteiger partial charge in [-0.15, -0.1) is 0 Å². The zero-order valence-corrected chi connectivity index (χ0v) is 12.3. The summed E-state index contributed by atoms with van der Waals surface area (Å²) >= 11 is 0. The van der Waals surface area contributed by atoms with Crippen molar-refractivity contribution in [3.63, 3.8) is 0 Å². The lowest BCUT2D eigenvalue weighted by molar-refractivity contribution is 0.669. The van der Waals surface area contributed by atoms with Crippen LogP contribution in [0.25, 0.3) is 5.69 Å². The molecular formula is C19H20N2. The van der Waals surface area contributed by atoms with Gasteiger partial charge in [0.25, 0.3) is 0 Å². The van der Waals surface area contributed by atoms with Crippen LogP contribution in [0.4, 0.5) is 0 Å². The molecule has 0 fully saturated rings. The van der Waals surface area contributed by atoms with Gasteiger partial charge in [-0.05, 0) is 36.8 Å². The first-order valence-corrected chi connectivity index (χ1v) is 7.31. The number of aromatic nitrogens is 1. The van der Waals surface area contributed by atoms with Crippen molar-refractivity contribution in [1.29, 1.82) is 0 Å². The second-order valence-electron chi connectivity index (χ2n) is 5.29. The highest BCUT2D eigenvalue weighted by atomic mass is 15.0. The van der Waals surface area contributed by atoms with Crippen LogP contribution in [0.5, 0.6) is 0 Å². The van der Waals surface area contributed by atoms with Crippen LogP contribution < -0.4 is 5.32 Å². The van der Waals surface area contributed by atoms with E-state index in [0.29, 0.717) is 0 Å². The zero-order valence-electron chi connectivity index (χ0n) is 12.3. The highest BCUT2D eigenvalue weighted by Gasteiger charge is 2.02. The fraction of sp³-hybridized carbons (Fsp3) is 0.158. The average Bonchev–Trinajstić information content (AvgIpc) is 2.98. The second-order valence-corrected chi connectivity index (χ2v) is 5.29. The van der Waals surface area contributed by atoms with Crippen LogP contribution in [0.15, 0.2) is 72.9 Å². The van der Waals surface area contributed by atoms with Gasteiger partial charge in [0.2, 0.25) is 0 Å². The average molecular weight is 276 g/mol. The minimum absolute atomic E-state index is 0.857. The van der Waals surface area contributed by atoms with Crippen LogP contribution in [0.3, 0.4) is 0 Å². The van der Waals surface area contributed by atoms with Crippen LogP contribution >= 0.6 is 0 Å². The maximum atomic E-state index is 3.50. The molecule has 0 unspecified atom stereocenters. The van der Waals surface area contributed by atoms with Gasteiger partial charge in [0.1, 0.15) is 0 Å². The summed E-state index contributed by atoms with van der Waals surface area (Å²) in [6.07, 6.45) is 2.12. The molecule has 3 aromatic rings. The van der Waals surface area contributed by atoms with Gasteiger partial charge in [0, 0.05) is 30.7 Å². The lowest BCUT2D eigenvalue weighted by Crippen LogP contribution is -2.15. The molecule has 0 bridgehead atoms. The van der Waals surface area contributed by atoms with Gasteiger partial charge in [-0.3, -0.25) is 0 Å². The third-order valence-electron chi connectivity index (χ3n) is 3.62. The molecule has 0 atom stereocenters. The second kappa shape index (κ2) is 6.42. The van der Waals surface area contributed by atoms with Gasteiger partial charge in [-0.1, -0.05) is 48.0 Å². The summed E-state index contributed by atoms with van der Waals surface area (Å²) in [6, 6.07) is 23.4. The summed E-state index contributed by atoms with van der Waals surface area (Å²) in [5.41, 5.74) is 5.08. The normalized spacial score (nSPS) is 10.7. The van der Waals surface area contributed by atoms with Gasteiger partial charge >= 0.3 is 0 Å². The predicted molar refractivity (Wildman–Crippen MR) is 87.5 cm³/mol. The van der Waals surface area contributed by atoms with Crippen molar-refractivity contribution >= 4 is 0 Å². The van der Waals surface area contributed by atoms with Gasteiger partial charge in [-0.2, -0.15) is 0 Å². The SMILES string of the molecule is Cc1ccc(-n2cccc2CNCc2ccccc2)cc1. The highest BCUT2D eigenvalue weighted by Crippen LogP contribution is 2.13. The van der Waals surface area contributed by atoms with Crippen molar-refractivity contribution in [1.82, 2.24) is 9.88 Å². The molecule has 0 saturated carbocycles. The van der Waals surface area contributed by atoms with E-state index in [9.17, 15) is 0 Å². The van der Waals surface area contributed by atoms with Crippen LogP contribution in [0.2, 0.25) is 0 Å². The van der Waals surface area contributed by atoms with Gasteiger partial charge in [0.15, 0.2) is 0 Å². The standard InChI is InChI=1S/C19H20N2/c1-16-9-11-18(12-10-16)21-13-5-8-19(21)15-20-14-17-6-3-2-4-7-17/h2-13,20H,14-15H2,1H3. The molecule has 3 rings (SSSR count). The molecule has 21 heavy (non-hydrogen) atoms. The largest absolute Gasteiger partial charge is 0.320 e. The first kappa shape index (κ1) is 13.7. The van der Waals surface area contributed by atoms with Crippen molar-refractivity contribution in [2.24, 2.45) is 0 Å². The molecule has 0 saturated heterocycles. The van der Waals surface area contributed by atoms with E-state index in [1.54, 1.807) is 0 Å². The Labute approximate surface area is 126 Å². The molecule has 2 heteroatoms. The zero-order chi connectivity index (χ0) is 14.5. The minimum atomic E-state index is 0.857. The first-order valence-electron chi connectivity index (χ1n) is 7.31. The molecule has 2 aromatic carbocycles. The van der Waals surface area contributed by atoms with E-state index in [1.807, 2.05) is 6.07 Å². The van der Waals surface area contributed by atoms with Crippen molar-refractivity contribution in [2.75, 3.05) is 0 Å². The summed E-state index contributed by atoms with van der Waals surface area (Å²) in [5.74, 6) is 0. The third-order valence-corrected chi connectivity index (χ3v) is 3.62. The third kappa shape index (κ3) is 3.41. The van der Waals surface area contributed by atoms with Gasteiger partial charge < -0.3 is 9.88 Å². The van der Waals surface area contributed by atoms with Crippen molar-refractivity contribution in [3.05, 3.63) is 89.7 Å². The van der Waals surface area contributed by atoms with E-state index in [2.05, 4.69) is 83.7 Å². The van der Waals surface area contributed by atoms with Crippen molar-refractivity contribution in [2.45, 2.75) is 20.0 Å². The van der Waals surface area contributed by atoms with Crippen molar-refractivity contribution < 1.29 is 0 Å². The quantitative estimate of drug-likeness (QED) is 0.743. The highest BCUT2D eigenvalue weighted by molar-refractivity contribution is 5.37. The van der Waals surface area contributed by atoms with E-state index in [4.69, 9.17) is 0 Å². The van der Waals surface area contributed by atoms with Crippen LogP contribution in [0, 0.1) is 6.92 Å². The molecule has 1 aromatic heterocycles. The van der Waals surface area contributed by atoms with Crippen LogP contribution in [0.1, 0.15) is 16.8 Å². The van der Waals surface area contributed by atoms with E-state index in [0.717, 1.165) is 13.1 Å². The van der Waals surface area contributed by atoms with E-state index in [1.165, 1.54) is 22.5 Å². The predicted octanol–water partition coefficient (Wildman–Crippen LogP) is 4.08. The number of hydrogen-bond donors (Lipinski definition) is 1. The topological polar surface area (TPSA) is 17.0 Å². The number of nitrogens with one attached hydrogen (secondary N) is 1. The van der Waals surface area contributed by atoms with Gasteiger partial charge in [-0.25, -0.2) is 0 Å². The molecule has 0 radical (unpaired) electrons. The lowest BCUT2D eigenvalue weighted by Gasteiger charge is -2.11. The molecule has 1 N–H and O–H groups in total. The maximum Gasteiger partial charge on any atom is 0.0453 e. The Bertz CT molecular complexity index is 681. The molecule has 0 aliphatic rings. The summed E-state index contributed by atoms with van der Waals surface area (Å²) in [5, 5.41) is 3.50. The Kier molecular flexibility index (Phi) is 4.17. The van der Waals surface area contributed by atoms with E-state index < -0.39 is 0 Å². The summed E-state index contributed by atoms with van der Waals surface area (Å²) in [6.45, 7) is 3.86. The lowest BCUT2D eigenvalue weighted by atomic mass is 10.2. The molecule has 1 heterocycles. The number of aryl methyl sites for hydroxylation is 1. The Morgan fingerprint density at radius 1 is 0.810 bits per heavy atom. The molecule has 0 aliphatic heterocycles. The molecule has 106 valence electrons. The Morgan fingerprint density at radius 3 is 2.33 bits per heavy atom. The molecule has 0 aliphatic carbocycles. The molecular weight excluding hydrogens is 256 g/mol. The van der Waals surface area contributed by atoms with Crippen LogP contribution in [-0.2, 0) is 13.1 Å². The van der Waals surface area contributed by atoms with Crippen molar-refractivity contribution in [3.8, 4) is 5.69 Å². The fourth-order valence-corrected chi connectivity index (χ4v) is 2.45. The monoisotopic (exact) mass is 276 g/mol. The minimum Gasteiger partial charge on any atom is -0.320 e. The first-order chi connectivity index (χ1) is 10.3. The summed E-state index contributed by atoms with van der Waals surface area (Å²) in [7, 11) is 0. The number of rotatable bonds is 5. The number of benzene rings is 2. The molecule has 0 amide bonds. The Morgan fingerprint density at radius 2 is 1.57 bits per heavy atom. The van der Waals surface area contributed by atoms with Crippen LogP contribution in [-0.4, -0.2) is 4.57 Å². The fourth-order valence-electron chi connectivity index (χ4n) is 2.45. The van der Waals surface area contributed by atoms with E-state index >= 15 is 0 Å². The van der Waals surface area contributed by atoms with Gasteiger partial charge in [0.05, 0.1) is 0 Å². The number of nitrogens with zero attached hydrogens (tertiary/aromatic N) is 1. The smallest absolute Gasteiger partial charge is 0.0453 e. The maximum absolute atomic E-state index is 3.50. The number of hydrogen-bond acceptors (Lipinski definition) is 1. The molecule has 0 spiro atoms.